The zero-order chi connectivity index (χ0) is 22.7. The number of fused-ring (bicyclic) bond motifs is 2. The van der Waals surface area contributed by atoms with Gasteiger partial charge in [0, 0.05) is 29.3 Å². The summed E-state index contributed by atoms with van der Waals surface area (Å²) in [7, 11) is 0. The summed E-state index contributed by atoms with van der Waals surface area (Å²) in [5.41, 5.74) is 10.8. The van der Waals surface area contributed by atoms with Gasteiger partial charge < -0.3 is 21.1 Å². The first kappa shape index (κ1) is 19.3. The highest BCUT2D eigenvalue weighted by molar-refractivity contribution is 5.99. The van der Waals surface area contributed by atoms with Gasteiger partial charge in [-0.25, -0.2) is 9.97 Å². The van der Waals surface area contributed by atoms with Crippen LogP contribution in [0.2, 0.25) is 0 Å². The highest BCUT2D eigenvalue weighted by Gasteiger charge is 2.44. The number of nitrogens with one attached hydrogen (secondary N) is 3. The van der Waals surface area contributed by atoms with E-state index in [4.69, 9.17) is 10.5 Å². The minimum atomic E-state index is -0.0735. The van der Waals surface area contributed by atoms with Gasteiger partial charge in [-0.15, -0.1) is 0 Å². The molecule has 0 unspecified atom stereocenters. The number of carbonyl (C=O) groups excluding carboxylic acids is 1. The van der Waals surface area contributed by atoms with Gasteiger partial charge in [0.25, 0.3) is 0 Å². The van der Waals surface area contributed by atoms with E-state index < -0.39 is 0 Å². The maximum Gasteiger partial charge on any atom is 0.229 e. The summed E-state index contributed by atoms with van der Waals surface area (Å²) in [6, 6.07) is 7.69. The van der Waals surface area contributed by atoms with Crippen LogP contribution in [0, 0.1) is 12.8 Å². The predicted octanol–water partition coefficient (Wildman–Crippen LogP) is 3.93. The summed E-state index contributed by atoms with van der Waals surface area (Å²) in [4.78, 5) is 21.7. The van der Waals surface area contributed by atoms with Crippen LogP contribution in [0.5, 0.6) is 5.75 Å². The number of aromatic amines is 1. The van der Waals surface area contributed by atoms with Gasteiger partial charge in [0.1, 0.15) is 11.6 Å². The van der Waals surface area contributed by atoms with Crippen molar-refractivity contribution in [1.29, 1.82) is 0 Å². The molecule has 33 heavy (non-hydrogen) atoms. The molecule has 3 aromatic heterocycles. The molecular formula is C24H21N7O2. The topological polar surface area (TPSA) is 131 Å². The fraction of sp³-hybridized carbons (Fsp3) is 0.167. The number of pyridine rings is 2. The second-order valence-electron chi connectivity index (χ2n) is 8.47. The Morgan fingerprint density at radius 2 is 2.15 bits per heavy atom. The van der Waals surface area contributed by atoms with Gasteiger partial charge in [0.05, 0.1) is 17.6 Å². The van der Waals surface area contributed by atoms with E-state index in [1.54, 1.807) is 12.4 Å². The molecule has 5 N–H and O–H groups in total. The fourth-order valence-corrected chi connectivity index (χ4v) is 4.37. The van der Waals surface area contributed by atoms with Gasteiger partial charge in [-0.1, -0.05) is 0 Å². The lowest BCUT2D eigenvalue weighted by atomic mass is 10.0. The zero-order valence-electron chi connectivity index (χ0n) is 17.8. The monoisotopic (exact) mass is 439 g/mol. The van der Waals surface area contributed by atoms with Gasteiger partial charge in [0.2, 0.25) is 5.91 Å². The lowest BCUT2D eigenvalue weighted by molar-refractivity contribution is -0.117. The molecule has 1 aliphatic carbocycles. The van der Waals surface area contributed by atoms with Crippen molar-refractivity contribution < 1.29 is 9.53 Å². The number of aryl methyl sites for hydroxylation is 1. The first-order valence-electron chi connectivity index (χ1n) is 10.6. The van der Waals surface area contributed by atoms with Crippen LogP contribution in [-0.4, -0.2) is 26.1 Å². The molecule has 1 saturated carbocycles. The van der Waals surface area contributed by atoms with Crippen LogP contribution in [0.4, 0.5) is 17.3 Å². The Bertz CT molecular complexity index is 1450. The number of hydrogen-bond donors (Lipinski definition) is 4. The first-order valence-corrected chi connectivity index (χ1v) is 10.6. The van der Waals surface area contributed by atoms with E-state index in [1.807, 2.05) is 37.4 Å². The van der Waals surface area contributed by atoms with Gasteiger partial charge in [-0.2, -0.15) is 5.10 Å². The fourth-order valence-electron chi connectivity index (χ4n) is 4.37. The average molecular weight is 439 g/mol. The molecule has 1 fully saturated rings. The molecule has 9 nitrogen and oxygen atoms in total. The largest absolute Gasteiger partial charge is 0.439 e. The van der Waals surface area contributed by atoms with Crippen molar-refractivity contribution in [3.63, 3.8) is 0 Å². The standard InChI is InChI=1S/C24H21N7O2/c1-11-3-20-21(33-12(2)29-20)7-15(11)19-4-13-5-22(26-10-18(13)23(25)30-19)31-24(32)17-6-16(17)14-8-27-28-9-14/h3-5,7-10,16-17,29H,2,6H2,1H3,(H2,25,30)(H,27,28)(H,26,31,32)/t16-,17+/m1/s1. The van der Waals surface area contributed by atoms with Crippen LogP contribution in [0.25, 0.3) is 22.0 Å². The third kappa shape index (κ3) is 3.34. The zero-order valence-corrected chi connectivity index (χ0v) is 17.8. The molecule has 0 bridgehead atoms. The normalized spacial score (nSPS) is 18.5. The van der Waals surface area contributed by atoms with E-state index in [2.05, 4.69) is 37.4 Å². The molecule has 2 atom stereocenters. The summed E-state index contributed by atoms with van der Waals surface area (Å²) >= 11 is 0. The Morgan fingerprint density at radius 1 is 1.27 bits per heavy atom. The molecule has 4 heterocycles. The maximum atomic E-state index is 12.7. The highest BCUT2D eigenvalue weighted by atomic mass is 16.5. The molecule has 4 aromatic rings. The quantitative estimate of drug-likeness (QED) is 0.379. The van der Waals surface area contributed by atoms with Crippen molar-refractivity contribution in [2.75, 3.05) is 16.4 Å². The number of ether oxygens (including phenoxy) is 1. The highest BCUT2D eigenvalue weighted by Crippen LogP contribution is 2.47. The van der Waals surface area contributed by atoms with Crippen LogP contribution in [0.15, 0.2) is 55.3 Å². The molecule has 2 aliphatic rings. The van der Waals surface area contributed by atoms with E-state index in [0.717, 1.165) is 39.6 Å². The van der Waals surface area contributed by atoms with Crippen LogP contribution in [0.1, 0.15) is 23.5 Å². The first-order chi connectivity index (χ1) is 16.0. The SMILES string of the molecule is C=C1Nc2cc(C)c(-c3cc4cc(NC(=O)[C@H]5C[C@@H]5c5cn[nH]c5)ncc4c(N)n3)cc2O1. The number of nitrogens with two attached hydrogens (primary N) is 1. The molecule has 0 radical (unpaired) electrons. The van der Waals surface area contributed by atoms with Gasteiger partial charge in [-0.3, -0.25) is 9.89 Å². The second kappa shape index (κ2) is 7.06. The third-order valence-electron chi connectivity index (χ3n) is 6.18. The summed E-state index contributed by atoms with van der Waals surface area (Å²) in [6.07, 6.45) is 6.05. The Balaban J connectivity index is 1.30. The number of nitrogen functional groups attached to an aromatic ring is 1. The molecular weight excluding hydrogens is 418 g/mol. The minimum Gasteiger partial charge on any atom is -0.439 e. The number of anilines is 3. The van der Waals surface area contributed by atoms with Crippen molar-refractivity contribution >= 4 is 34.0 Å². The minimum absolute atomic E-state index is 0.0466. The second-order valence-corrected chi connectivity index (χ2v) is 8.47. The number of nitrogens with zero attached hydrogens (tertiary/aromatic N) is 3. The van der Waals surface area contributed by atoms with Crippen LogP contribution in [0.3, 0.4) is 0 Å². The molecule has 0 spiro atoms. The number of H-pyrrole nitrogens is 1. The van der Waals surface area contributed by atoms with Crippen LogP contribution in [-0.2, 0) is 4.79 Å². The average Bonchev–Trinajstić information content (AvgIpc) is 3.22. The molecule has 6 rings (SSSR count). The van der Waals surface area contributed by atoms with Crippen molar-refractivity contribution in [1.82, 2.24) is 20.2 Å². The van der Waals surface area contributed by atoms with Gasteiger partial charge in [-0.05, 0) is 66.6 Å². The van der Waals surface area contributed by atoms with Crippen molar-refractivity contribution in [3.8, 4) is 17.0 Å². The lowest BCUT2D eigenvalue weighted by Gasteiger charge is -2.11. The van der Waals surface area contributed by atoms with E-state index in [0.29, 0.717) is 29.0 Å². The maximum absolute atomic E-state index is 12.7. The molecule has 1 aromatic carbocycles. The summed E-state index contributed by atoms with van der Waals surface area (Å²) in [5.74, 6) is 2.12. The number of rotatable bonds is 4. The number of aromatic nitrogens is 4. The molecule has 9 heteroatoms. The number of carbonyl (C=O) groups is 1. The number of amides is 1. The van der Waals surface area contributed by atoms with Crippen molar-refractivity contribution in [3.05, 3.63) is 66.4 Å². The van der Waals surface area contributed by atoms with Crippen molar-refractivity contribution in [2.45, 2.75) is 19.3 Å². The van der Waals surface area contributed by atoms with Gasteiger partial charge in [0.15, 0.2) is 11.6 Å². The Hall–Kier alpha value is -4.40. The van der Waals surface area contributed by atoms with E-state index >= 15 is 0 Å². The molecule has 1 amide bonds. The summed E-state index contributed by atoms with van der Waals surface area (Å²) in [6.45, 7) is 5.81. The van der Waals surface area contributed by atoms with Crippen molar-refractivity contribution in [2.24, 2.45) is 5.92 Å². The lowest BCUT2D eigenvalue weighted by Crippen LogP contribution is -2.15. The number of hydrogen-bond acceptors (Lipinski definition) is 7. The Labute approximate surface area is 189 Å². The van der Waals surface area contributed by atoms with Crippen LogP contribution >= 0.6 is 0 Å². The van der Waals surface area contributed by atoms with E-state index in [1.165, 1.54) is 0 Å². The molecule has 1 aliphatic heterocycles. The summed E-state index contributed by atoms with van der Waals surface area (Å²) in [5, 5.41) is 14.4. The number of benzene rings is 1. The Kier molecular flexibility index (Phi) is 4.13. The predicted molar refractivity (Wildman–Crippen MR) is 126 cm³/mol. The molecule has 164 valence electrons. The third-order valence-corrected chi connectivity index (χ3v) is 6.18. The molecule has 0 saturated heterocycles. The van der Waals surface area contributed by atoms with E-state index in [9.17, 15) is 4.79 Å². The smallest absolute Gasteiger partial charge is 0.229 e. The van der Waals surface area contributed by atoms with Crippen LogP contribution < -0.4 is 21.1 Å². The van der Waals surface area contributed by atoms with Gasteiger partial charge >= 0.3 is 0 Å². The van der Waals surface area contributed by atoms with E-state index in [-0.39, 0.29) is 17.7 Å². The summed E-state index contributed by atoms with van der Waals surface area (Å²) < 4.78 is 5.64. The Morgan fingerprint density at radius 3 is 2.97 bits per heavy atom.